The van der Waals surface area contributed by atoms with E-state index in [0.717, 1.165) is 44.5 Å². The number of nitrogens with zero attached hydrogens (tertiary/aromatic N) is 1. The van der Waals surface area contributed by atoms with Crippen molar-refractivity contribution in [1.29, 1.82) is 0 Å². The summed E-state index contributed by atoms with van der Waals surface area (Å²) < 4.78 is 5.67. The third kappa shape index (κ3) is 4.20. The topological polar surface area (TPSA) is 71.5 Å². The summed E-state index contributed by atoms with van der Waals surface area (Å²) in [5.74, 6) is -0.279. The van der Waals surface area contributed by atoms with Gasteiger partial charge in [0.2, 0.25) is 0 Å². The number of hydrogen-bond acceptors (Lipinski definition) is 4. The summed E-state index contributed by atoms with van der Waals surface area (Å²) in [6.45, 7) is 3.58. The first-order chi connectivity index (χ1) is 9.69. The molecule has 2 N–H and O–H groups in total. The van der Waals surface area contributed by atoms with Crippen molar-refractivity contribution in [3.8, 4) is 0 Å². The molecule has 110 valence electrons. The largest absolute Gasteiger partial charge is 0.478 e. The molecule has 1 atom stereocenters. The lowest BCUT2D eigenvalue weighted by atomic mass is 10.1. The van der Waals surface area contributed by atoms with E-state index < -0.39 is 5.97 Å². The van der Waals surface area contributed by atoms with Crippen molar-refractivity contribution in [3.05, 3.63) is 23.4 Å². The molecule has 1 aliphatic heterocycles. The maximum absolute atomic E-state index is 11.1. The second-order valence-corrected chi connectivity index (χ2v) is 5.10. The molecule has 5 heteroatoms. The Balaban J connectivity index is 1.91. The summed E-state index contributed by atoms with van der Waals surface area (Å²) in [7, 11) is 0. The molecule has 1 fully saturated rings. The minimum absolute atomic E-state index is 0.285. The van der Waals surface area contributed by atoms with Crippen molar-refractivity contribution in [1.82, 2.24) is 4.98 Å². The molecule has 2 heterocycles. The zero-order chi connectivity index (χ0) is 14.4. The highest BCUT2D eigenvalue weighted by atomic mass is 16.5. The van der Waals surface area contributed by atoms with Gasteiger partial charge in [0.25, 0.3) is 0 Å². The fourth-order valence-electron chi connectivity index (χ4n) is 2.38. The van der Waals surface area contributed by atoms with Crippen LogP contribution in [0, 0.1) is 0 Å². The first-order valence-electron chi connectivity index (χ1n) is 7.28. The maximum Gasteiger partial charge on any atom is 0.335 e. The zero-order valence-corrected chi connectivity index (χ0v) is 11.9. The van der Waals surface area contributed by atoms with Crippen LogP contribution in [-0.4, -0.2) is 35.3 Å². The lowest BCUT2D eigenvalue weighted by molar-refractivity contribution is 0.0134. The molecule has 1 saturated heterocycles. The average molecular weight is 278 g/mol. The van der Waals surface area contributed by atoms with Crippen LogP contribution in [-0.2, 0) is 11.2 Å². The number of ether oxygens (including phenoxy) is 1. The Morgan fingerprint density at radius 3 is 3.00 bits per heavy atom. The lowest BCUT2D eigenvalue weighted by Crippen LogP contribution is -2.22. The van der Waals surface area contributed by atoms with Crippen molar-refractivity contribution in [3.63, 3.8) is 0 Å². The summed E-state index contributed by atoms with van der Waals surface area (Å²) in [4.78, 5) is 15.5. The second kappa shape index (κ2) is 7.24. The summed E-state index contributed by atoms with van der Waals surface area (Å²) in [6, 6.07) is 3.21. The number of carbonyl (C=O) groups is 1. The van der Waals surface area contributed by atoms with Crippen molar-refractivity contribution in [2.45, 2.75) is 45.1 Å². The normalized spacial score (nSPS) is 18.8. The van der Waals surface area contributed by atoms with Crippen LogP contribution in [0.25, 0.3) is 0 Å². The number of aromatic carboxylic acids is 1. The average Bonchev–Trinajstić information content (AvgIpc) is 2.48. The molecule has 5 nitrogen and oxygen atoms in total. The van der Waals surface area contributed by atoms with Gasteiger partial charge in [0, 0.05) is 18.8 Å². The number of pyridine rings is 1. The van der Waals surface area contributed by atoms with Crippen molar-refractivity contribution >= 4 is 11.8 Å². The Kier molecular flexibility index (Phi) is 5.35. The smallest absolute Gasteiger partial charge is 0.335 e. The van der Waals surface area contributed by atoms with Gasteiger partial charge in [-0.05, 0) is 44.2 Å². The van der Waals surface area contributed by atoms with Gasteiger partial charge < -0.3 is 15.2 Å². The highest BCUT2D eigenvalue weighted by Crippen LogP contribution is 2.16. The molecule has 1 aromatic heterocycles. The molecule has 1 aliphatic rings. The molecule has 0 amide bonds. The summed E-state index contributed by atoms with van der Waals surface area (Å²) in [5.41, 5.74) is 1.08. The monoisotopic (exact) mass is 278 g/mol. The molecule has 2 rings (SSSR count). The molecule has 0 aliphatic carbocycles. The van der Waals surface area contributed by atoms with Gasteiger partial charge in [-0.25, -0.2) is 9.78 Å². The van der Waals surface area contributed by atoms with E-state index in [1.54, 1.807) is 12.1 Å². The number of aryl methyl sites for hydroxylation is 1. The van der Waals surface area contributed by atoms with Crippen LogP contribution in [0.1, 0.15) is 48.7 Å². The van der Waals surface area contributed by atoms with Gasteiger partial charge >= 0.3 is 5.97 Å². The SMILES string of the molecule is CCc1cc(C(=O)O)cc(NCCC2CCCCO2)n1. The third-order valence-electron chi connectivity index (χ3n) is 3.53. The van der Waals surface area contributed by atoms with Gasteiger partial charge in [0.05, 0.1) is 11.7 Å². The van der Waals surface area contributed by atoms with Gasteiger partial charge in [0.15, 0.2) is 0 Å². The van der Waals surface area contributed by atoms with Gasteiger partial charge in [-0.1, -0.05) is 6.92 Å². The molecule has 1 unspecified atom stereocenters. The molecular weight excluding hydrogens is 256 g/mol. The number of nitrogens with one attached hydrogen (secondary N) is 1. The molecule has 1 aromatic rings. The van der Waals surface area contributed by atoms with E-state index >= 15 is 0 Å². The first kappa shape index (κ1) is 14.8. The van der Waals surface area contributed by atoms with E-state index in [9.17, 15) is 4.79 Å². The van der Waals surface area contributed by atoms with Gasteiger partial charge in [0.1, 0.15) is 5.82 Å². The van der Waals surface area contributed by atoms with Crippen molar-refractivity contribution < 1.29 is 14.6 Å². The predicted octanol–water partition coefficient (Wildman–Crippen LogP) is 2.71. The van der Waals surface area contributed by atoms with Crippen LogP contribution in [0.2, 0.25) is 0 Å². The minimum Gasteiger partial charge on any atom is -0.478 e. The third-order valence-corrected chi connectivity index (χ3v) is 3.53. The highest BCUT2D eigenvalue weighted by molar-refractivity contribution is 5.88. The van der Waals surface area contributed by atoms with Crippen LogP contribution in [0.5, 0.6) is 0 Å². The Labute approximate surface area is 119 Å². The lowest BCUT2D eigenvalue weighted by Gasteiger charge is -2.22. The molecule has 0 radical (unpaired) electrons. The first-order valence-corrected chi connectivity index (χ1v) is 7.28. The summed E-state index contributed by atoms with van der Waals surface area (Å²) in [5, 5.41) is 12.3. The number of aromatic nitrogens is 1. The van der Waals surface area contributed by atoms with E-state index in [1.165, 1.54) is 6.42 Å². The van der Waals surface area contributed by atoms with Crippen LogP contribution in [0.15, 0.2) is 12.1 Å². The van der Waals surface area contributed by atoms with Crippen molar-refractivity contribution in [2.75, 3.05) is 18.5 Å². The van der Waals surface area contributed by atoms with Crippen LogP contribution >= 0.6 is 0 Å². The van der Waals surface area contributed by atoms with Gasteiger partial charge in [-0.2, -0.15) is 0 Å². The number of carboxylic acids is 1. The number of carboxylic acid groups (broad SMARTS) is 1. The van der Waals surface area contributed by atoms with Crippen molar-refractivity contribution in [2.24, 2.45) is 0 Å². The zero-order valence-electron chi connectivity index (χ0n) is 11.9. The fourth-order valence-corrected chi connectivity index (χ4v) is 2.38. The summed E-state index contributed by atoms with van der Waals surface area (Å²) >= 11 is 0. The number of rotatable bonds is 6. The Bertz CT molecular complexity index is 456. The maximum atomic E-state index is 11.1. The van der Waals surface area contributed by atoms with E-state index in [0.29, 0.717) is 11.9 Å². The molecule has 0 saturated carbocycles. The Morgan fingerprint density at radius 2 is 2.35 bits per heavy atom. The standard InChI is InChI=1S/C15H22N2O3/c1-2-12-9-11(15(18)19)10-14(17-12)16-7-6-13-5-3-4-8-20-13/h9-10,13H,2-8H2,1H3,(H,16,17)(H,18,19). The van der Waals surface area contributed by atoms with Crippen LogP contribution in [0.3, 0.4) is 0 Å². The molecule has 0 spiro atoms. The van der Waals surface area contributed by atoms with E-state index in [1.807, 2.05) is 6.92 Å². The van der Waals surface area contributed by atoms with E-state index in [2.05, 4.69) is 10.3 Å². The van der Waals surface area contributed by atoms with E-state index in [4.69, 9.17) is 9.84 Å². The molecule has 0 bridgehead atoms. The summed E-state index contributed by atoms with van der Waals surface area (Å²) in [6.07, 6.45) is 5.49. The van der Waals surface area contributed by atoms with Gasteiger partial charge in [-0.15, -0.1) is 0 Å². The molecule has 20 heavy (non-hydrogen) atoms. The number of hydrogen-bond donors (Lipinski definition) is 2. The van der Waals surface area contributed by atoms with Gasteiger partial charge in [-0.3, -0.25) is 0 Å². The fraction of sp³-hybridized carbons (Fsp3) is 0.600. The highest BCUT2D eigenvalue weighted by Gasteiger charge is 2.13. The van der Waals surface area contributed by atoms with E-state index in [-0.39, 0.29) is 5.56 Å². The second-order valence-electron chi connectivity index (χ2n) is 5.10. The predicted molar refractivity (Wildman–Crippen MR) is 77.3 cm³/mol. The number of anilines is 1. The Hall–Kier alpha value is -1.62. The molecular formula is C15H22N2O3. The van der Waals surface area contributed by atoms with Crippen LogP contribution in [0.4, 0.5) is 5.82 Å². The Morgan fingerprint density at radius 1 is 1.50 bits per heavy atom. The minimum atomic E-state index is -0.916. The molecule has 0 aromatic carbocycles. The quantitative estimate of drug-likeness (QED) is 0.837. The van der Waals surface area contributed by atoms with Crippen LogP contribution < -0.4 is 5.32 Å².